The molecule has 1 aliphatic heterocycles. The molecule has 4 rings (SSSR count). The maximum absolute atomic E-state index is 12.5. The highest BCUT2D eigenvalue weighted by atomic mass is 16.7. The van der Waals surface area contributed by atoms with Crippen LogP contribution in [-0.2, 0) is 0 Å². The largest absolute Gasteiger partial charge is 0.459 e. The normalized spacial score (nSPS) is 11.9. The first-order valence-electron chi connectivity index (χ1n) is 8.17. The van der Waals surface area contributed by atoms with Crippen LogP contribution >= 0.6 is 0 Å². The van der Waals surface area contributed by atoms with Gasteiger partial charge in [0.05, 0.1) is 11.8 Å². The predicted octanol–water partition coefficient (Wildman–Crippen LogP) is 3.79. The molecule has 1 N–H and O–H groups in total. The number of ether oxygens (including phenoxy) is 3. The van der Waals surface area contributed by atoms with Crippen molar-refractivity contribution in [1.82, 2.24) is 0 Å². The van der Waals surface area contributed by atoms with Gasteiger partial charge < -0.3 is 23.9 Å². The highest BCUT2D eigenvalue weighted by Gasteiger charge is 2.17. The smallest absolute Gasteiger partial charge is 0.343 e. The van der Waals surface area contributed by atoms with Gasteiger partial charge in [-0.3, -0.25) is 4.79 Å². The number of esters is 1. The van der Waals surface area contributed by atoms with E-state index in [1.807, 2.05) is 6.92 Å². The van der Waals surface area contributed by atoms with E-state index in [0.717, 1.165) is 5.56 Å². The molecule has 1 amide bonds. The van der Waals surface area contributed by atoms with Gasteiger partial charge in [0.1, 0.15) is 5.75 Å². The minimum absolute atomic E-state index is 0.142. The maximum atomic E-state index is 12.5. The minimum Gasteiger partial charge on any atom is -0.459 e. The van der Waals surface area contributed by atoms with Gasteiger partial charge >= 0.3 is 5.97 Å². The fourth-order valence-electron chi connectivity index (χ4n) is 2.58. The predicted molar refractivity (Wildman–Crippen MR) is 95.4 cm³/mol. The quantitative estimate of drug-likeness (QED) is 0.559. The zero-order valence-corrected chi connectivity index (χ0v) is 14.4. The van der Waals surface area contributed by atoms with Gasteiger partial charge in [-0.1, -0.05) is 6.07 Å². The van der Waals surface area contributed by atoms with Gasteiger partial charge in [0.15, 0.2) is 17.3 Å². The number of amides is 1. The number of hydrogen-bond acceptors (Lipinski definition) is 6. The van der Waals surface area contributed by atoms with Gasteiger partial charge in [-0.15, -0.1) is 0 Å². The van der Waals surface area contributed by atoms with E-state index in [0.29, 0.717) is 28.5 Å². The molecule has 0 aliphatic carbocycles. The molecule has 27 heavy (non-hydrogen) atoms. The summed E-state index contributed by atoms with van der Waals surface area (Å²) in [6, 6.07) is 13.0. The molecule has 1 aromatic heterocycles. The van der Waals surface area contributed by atoms with Crippen molar-refractivity contribution < 1.29 is 28.2 Å². The fourth-order valence-corrected chi connectivity index (χ4v) is 2.58. The summed E-state index contributed by atoms with van der Waals surface area (Å²) in [6.45, 7) is 1.97. The van der Waals surface area contributed by atoms with Gasteiger partial charge in [0.25, 0.3) is 5.91 Å². The molecule has 0 saturated heterocycles. The van der Waals surface area contributed by atoms with E-state index in [4.69, 9.17) is 18.6 Å². The van der Waals surface area contributed by atoms with E-state index in [-0.39, 0.29) is 12.6 Å². The Morgan fingerprint density at radius 2 is 1.89 bits per heavy atom. The number of hydrogen-bond donors (Lipinski definition) is 1. The molecule has 2 aromatic carbocycles. The summed E-state index contributed by atoms with van der Waals surface area (Å²) in [6.07, 6.45) is 1.42. The Morgan fingerprint density at radius 3 is 2.70 bits per heavy atom. The van der Waals surface area contributed by atoms with Crippen LogP contribution in [0.3, 0.4) is 0 Å². The molecule has 1 aliphatic rings. The third-order valence-corrected chi connectivity index (χ3v) is 4.02. The van der Waals surface area contributed by atoms with Crippen LogP contribution in [0.1, 0.15) is 26.5 Å². The second kappa shape index (κ2) is 6.87. The van der Waals surface area contributed by atoms with Crippen LogP contribution in [0.5, 0.6) is 17.2 Å². The van der Waals surface area contributed by atoms with Crippen LogP contribution in [0.4, 0.5) is 5.69 Å². The Morgan fingerprint density at radius 1 is 1.04 bits per heavy atom. The van der Waals surface area contributed by atoms with Crippen molar-refractivity contribution in [2.75, 3.05) is 12.1 Å². The first-order valence-corrected chi connectivity index (χ1v) is 8.17. The lowest BCUT2D eigenvalue weighted by Gasteiger charge is -2.10. The van der Waals surface area contributed by atoms with Gasteiger partial charge in [0, 0.05) is 11.8 Å². The van der Waals surface area contributed by atoms with Crippen molar-refractivity contribution in [3.8, 4) is 17.2 Å². The van der Waals surface area contributed by atoms with Crippen molar-refractivity contribution in [3.63, 3.8) is 0 Å². The maximum Gasteiger partial charge on any atom is 0.343 e. The van der Waals surface area contributed by atoms with E-state index >= 15 is 0 Å². The third kappa shape index (κ3) is 3.48. The summed E-state index contributed by atoms with van der Waals surface area (Å²) in [5, 5.41) is 2.73. The first kappa shape index (κ1) is 16.7. The molecule has 0 radical (unpaired) electrons. The summed E-state index contributed by atoms with van der Waals surface area (Å²) >= 11 is 0. The van der Waals surface area contributed by atoms with E-state index < -0.39 is 11.9 Å². The van der Waals surface area contributed by atoms with E-state index in [1.54, 1.807) is 48.5 Å². The van der Waals surface area contributed by atoms with Crippen LogP contribution in [0.25, 0.3) is 0 Å². The molecule has 0 bridgehead atoms. The van der Waals surface area contributed by atoms with Crippen molar-refractivity contribution in [2.24, 2.45) is 0 Å². The third-order valence-electron chi connectivity index (χ3n) is 4.02. The Kier molecular flexibility index (Phi) is 4.25. The zero-order chi connectivity index (χ0) is 18.8. The average molecular weight is 365 g/mol. The Balaban J connectivity index is 1.51. The number of anilines is 1. The number of furan rings is 1. The molecule has 0 spiro atoms. The van der Waals surface area contributed by atoms with Crippen molar-refractivity contribution >= 4 is 17.6 Å². The van der Waals surface area contributed by atoms with E-state index in [2.05, 4.69) is 5.32 Å². The van der Waals surface area contributed by atoms with Crippen LogP contribution in [0.15, 0.2) is 59.2 Å². The minimum atomic E-state index is -0.553. The highest BCUT2D eigenvalue weighted by Crippen LogP contribution is 2.35. The molecule has 2 heterocycles. The summed E-state index contributed by atoms with van der Waals surface area (Å²) in [5.41, 5.74) is 1.60. The monoisotopic (exact) mass is 365 g/mol. The molecule has 0 saturated carbocycles. The standard InChI is InChI=1S/C20H15NO6/c1-12-4-5-13(9-15(12)21-19(22)17-3-2-8-24-17)20(23)27-14-6-7-16-18(10-14)26-11-25-16/h2-10H,11H2,1H3,(H,21,22). The lowest BCUT2D eigenvalue weighted by Crippen LogP contribution is -2.14. The van der Waals surface area contributed by atoms with Gasteiger partial charge in [0.2, 0.25) is 6.79 Å². The van der Waals surface area contributed by atoms with Crippen LogP contribution < -0.4 is 19.5 Å². The first-order chi connectivity index (χ1) is 13.1. The van der Waals surface area contributed by atoms with Crippen molar-refractivity contribution in [2.45, 2.75) is 6.92 Å². The van der Waals surface area contributed by atoms with Crippen LogP contribution in [-0.4, -0.2) is 18.7 Å². The number of nitrogens with one attached hydrogen (secondary N) is 1. The number of aryl methyl sites for hydroxylation is 1. The molecule has 7 heteroatoms. The number of carbonyl (C=O) groups is 2. The lowest BCUT2D eigenvalue weighted by atomic mass is 10.1. The second-order valence-corrected chi connectivity index (χ2v) is 5.87. The van der Waals surface area contributed by atoms with Crippen LogP contribution in [0, 0.1) is 6.92 Å². The second-order valence-electron chi connectivity index (χ2n) is 5.87. The molecule has 136 valence electrons. The fraction of sp³-hybridized carbons (Fsp3) is 0.100. The van der Waals surface area contributed by atoms with Crippen molar-refractivity contribution in [1.29, 1.82) is 0 Å². The number of carbonyl (C=O) groups excluding carboxylic acids is 2. The molecule has 0 atom stereocenters. The van der Waals surface area contributed by atoms with E-state index in [9.17, 15) is 9.59 Å². The molecular weight excluding hydrogens is 350 g/mol. The Labute approximate surface area is 154 Å². The summed E-state index contributed by atoms with van der Waals surface area (Å²) in [7, 11) is 0. The van der Waals surface area contributed by atoms with Crippen LogP contribution in [0.2, 0.25) is 0 Å². The number of benzene rings is 2. The number of fused-ring (bicyclic) bond motifs is 1. The molecule has 0 fully saturated rings. The summed E-state index contributed by atoms with van der Waals surface area (Å²) < 4.78 is 21.0. The molecule has 3 aromatic rings. The Bertz CT molecular complexity index is 1010. The molecule has 7 nitrogen and oxygen atoms in total. The molecule has 0 unspecified atom stereocenters. The zero-order valence-electron chi connectivity index (χ0n) is 14.4. The summed E-state index contributed by atoms with van der Waals surface area (Å²) in [4.78, 5) is 24.6. The van der Waals surface area contributed by atoms with Gasteiger partial charge in [-0.05, 0) is 48.9 Å². The average Bonchev–Trinajstić information content (AvgIpc) is 3.34. The SMILES string of the molecule is Cc1ccc(C(=O)Oc2ccc3c(c2)OCO3)cc1NC(=O)c1ccco1. The lowest BCUT2D eigenvalue weighted by molar-refractivity contribution is 0.0734. The Hall–Kier alpha value is -3.74. The summed E-state index contributed by atoms with van der Waals surface area (Å²) in [5.74, 6) is 0.698. The molecular formula is C20H15NO6. The van der Waals surface area contributed by atoms with Crippen molar-refractivity contribution in [3.05, 3.63) is 71.7 Å². The number of rotatable bonds is 4. The van der Waals surface area contributed by atoms with E-state index in [1.165, 1.54) is 6.26 Å². The van der Waals surface area contributed by atoms with Gasteiger partial charge in [-0.25, -0.2) is 4.79 Å². The highest BCUT2D eigenvalue weighted by molar-refractivity contribution is 6.03. The van der Waals surface area contributed by atoms with Gasteiger partial charge in [-0.2, -0.15) is 0 Å². The topological polar surface area (TPSA) is 87.0 Å².